The monoisotopic (exact) mass is 378 g/mol. The Bertz CT molecular complexity index is 914. The highest BCUT2D eigenvalue weighted by Crippen LogP contribution is 2.38. The quantitative estimate of drug-likeness (QED) is 0.823. The van der Waals surface area contributed by atoms with Gasteiger partial charge in [-0.15, -0.1) is 0 Å². The third kappa shape index (κ3) is 3.19. The molecule has 2 aliphatic heterocycles. The van der Waals surface area contributed by atoms with Crippen LogP contribution in [0.1, 0.15) is 42.7 Å². The Morgan fingerprint density at radius 1 is 1.18 bits per heavy atom. The number of Topliss-reactive ketones (excluding diaryl/α,β-unsaturated/α-hetero) is 1. The molecule has 28 heavy (non-hydrogen) atoms. The Labute approximate surface area is 163 Å². The van der Waals surface area contributed by atoms with Gasteiger partial charge in [-0.2, -0.15) is 0 Å². The fourth-order valence-corrected chi connectivity index (χ4v) is 4.00. The third-order valence-electron chi connectivity index (χ3n) is 5.62. The number of hydrogen-bond donors (Lipinski definition) is 1. The highest BCUT2D eigenvalue weighted by atomic mass is 16.2. The third-order valence-corrected chi connectivity index (χ3v) is 5.62. The maximum absolute atomic E-state index is 13.1. The number of carbonyl (C=O) groups is 2. The van der Waals surface area contributed by atoms with Crippen LogP contribution in [-0.2, 0) is 0 Å². The van der Waals surface area contributed by atoms with E-state index in [2.05, 4.69) is 25.2 Å². The van der Waals surface area contributed by atoms with Crippen LogP contribution in [0.5, 0.6) is 0 Å². The molecule has 2 aromatic heterocycles. The fraction of sp³-hybridized carbons (Fsp3) is 0.450. The average Bonchev–Trinajstić information content (AvgIpc) is 3.52. The van der Waals surface area contributed by atoms with Gasteiger partial charge in [0.05, 0.1) is 17.9 Å². The van der Waals surface area contributed by atoms with Crippen LogP contribution in [0.3, 0.4) is 0 Å². The van der Waals surface area contributed by atoms with Crippen molar-refractivity contribution in [3.8, 4) is 0 Å². The van der Waals surface area contributed by atoms with Gasteiger partial charge >= 0.3 is 6.03 Å². The molecular weight excluding hydrogens is 356 g/mol. The van der Waals surface area contributed by atoms with Crippen LogP contribution in [0.15, 0.2) is 30.6 Å². The first-order chi connectivity index (χ1) is 13.7. The van der Waals surface area contributed by atoms with Gasteiger partial charge in [0.15, 0.2) is 17.4 Å². The van der Waals surface area contributed by atoms with E-state index in [0.717, 1.165) is 44.5 Å². The maximum Gasteiger partial charge on any atom is 0.329 e. The van der Waals surface area contributed by atoms with Crippen LogP contribution in [0.4, 0.5) is 22.1 Å². The molecule has 1 atom stereocenters. The number of pyridine rings is 1. The number of urea groups is 1. The summed E-state index contributed by atoms with van der Waals surface area (Å²) in [5, 5.41) is 2.86. The Morgan fingerprint density at radius 2 is 2.07 bits per heavy atom. The summed E-state index contributed by atoms with van der Waals surface area (Å²) in [6.45, 7) is 1.67. The molecular formula is C20H22N6O2. The number of piperidine rings is 1. The van der Waals surface area contributed by atoms with Gasteiger partial charge in [0, 0.05) is 25.7 Å². The normalized spacial score (nSPS) is 20.5. The van der Waals surface area contributed by atoms with E-state index in [4.69, 9.17) is 0 Å². The number of amides is 2. The van der Waals surface area contributed by atoms with Crippen LogP contribution >= 0.6 is 0 Å². The Hall–Kier alpha value is -3.03. The standard InChI is InChI=1S/C20H22N6O2/c27-16(10-13-6-7-13)18-22-11-15-19(24-18)26(14-4-3-9-25(15)12-14)20(28)23-17-5-1-2-8-21-17/h1-2,5,8,11,13-14H,3-4,6-7,9-10,12H2,(H,21,23,28)/t14-/m0/s1. The number of anilines is 3. The molecule has 2 aromatic rings. The molecule has 2 fully saturated rings. The molecule has 2 bridgehead atoms. The minimum Gasteiger partial charge on any atom is -0.365 e. The number of ketones is 1. The Kier molecular flexibility index (Phi) is 4.18. The molecule has 1 aliphatic carbocycles. The van der Waals surface area contributed by atoms with Gasteiger partial charge in [-0.3, -0.25) is 15.0 Å². The molecule has 1 N–H and O–H groups in total. The number of nitrogens with zero attached hydrogens (tertiary/aromatic N) is 5. The maximum atomic E-state index is 13.1. The van der Waals surface area contributed by atoms with Crippen molar-refractivity contribution in [3.05, 3.63) is 36.4 Å². The topological polar surface area (TPSA) is 91.3 Å². The zero-order chi connectivity index (χ0) is 19.1. The van der Waals surface area contributed by atoms with E-state index in [1.165, 1.54) is 0 Å². The highest BCUT2D eigenvalue weighted by molar-refractivity contribution is 6.04. The average molecular weight is 378 g/mol. The molecule has 0 aromatic carbocycles. The minimum atomic E-state index is -0.272. The summed E-state index contributed by atoms with van der Waals surface area (Å²) in [5.41, 5.74) is 0.815. The first-order valence-electron chi connectivity index (χ1n) is 9.85. The van der Waals surface area contributed by atoms with Crippen molar-refractivity contribution in [1.29, 1.82) is 0 Å². The van der Waals surface area contributed by atoms with Gasteiger partial charge in [0.1, 0.15) is 5.82 Å². The lowest BCUT2D eigenvalue weighted by molar-refractivity contribution is 0.0966. The van der Waals surface area contributed by atoms with E-state index in [9.17, 15) is 9.59 Å². The second-order valence-corrected chi connectivity index (χ2v) is 7.73. The summed E-state index contributed by atoms with van der Waals surface area (Å²) < 4.78 is 0. The van der Waals surface area contributed by atoms with Gasteiger partial charge in [0.25, 0.3) is 0 Å². The molecule has 4 heterocycles. The molecule has 0 unspecified atom stereocenters. The Morgan fingerprint density at radius 3 is 2.86 bits per heavy atom. The molecule has 2 amide bonds. The number of fused-ring (bicyclic) bond motifs is 4. The van der Waals surface area contributed by atoms with Crippen molar-refractivity contribution in [1.82, 2.24) is 15.0 Å². The number of hydrogen-bond acceptors (Lipinski definition) is 6. The highest BCUT2D eigenvalue weighted by Gasteiger charge is 2.39. The van der Waals surface area contributed by atoms with E-state index in [-0.39, 0.29) is 23.7 Å². The molecule has 1 saturated carbocycles. The first-order valence-corrected chi connectivity index (χ1v) is 9.85. The lowest BCUT2D eigenvalue weighted by atomic mass is 10.0. The van der Waals surface area contributed by atoms with E-state index in [1.54, 1.807) is 29.4 Å². The van der Waals surface area contributed by atoms with Gasteiger partial charge in [-0.1, -0.05) is 6.07 Å². The van der Waals surface area contributed by atoms with Gasteiger partial charge in [-0.05, 0) is 43.7 Å². The summed E-state index contributed by atoms with van der Waals surface area (Å²) >= 11 is 0. The van der Waals surface area contributed by atoms with Crippen molar-refractivity contribution >= 4 is 29.1 Å². The lowest BCUT2D eigenvalue weighted by Gasteiger charge is -2.45. The van der Waals surface area contributed by atoms with Gasteiger partial charge in [0.2, 0.25) is 0 Å². The van der Waals surface area contributed by atoms with Crippen LogP contribution in [0, 0.1) is 5.92 Å². The lowest BCUT2D eigenvalue weighted by Crippen LogP contribution is -2.56. The van der Waals surface area contributed by atoms with Gasteiger partial charge in [-0.25, -0.2) is 19.7 Å². The zero-order valence-electron chi connectivity index (χ0n) is 15.5. The summed E-state index contributed by atoms with van der Waals surface area (Å²) in [5.74, 6) is 1.66. The summed E-state index contributed by atoms with van der Waals surface area (Å²) in [6.07, 6.45) is 7.94. The van der Waals surface area contributed by atoms with Crippen molar-refractivity contribution in [2.45, 2.75) is 38.1 Å². The van der Waals surface area contributed by atoms with E-state index in [1.807, 2.05) is 6.07 Å². The second-order valence-electron chi connectivity index (χ2n) is 7.73. The van der Waals surface area contributed by atoms with Crippen LogP contribution < -0.4 is 15.1 Å². The summed E-state index contributed by atoms with van der Waals surface area (Å²) in [6, 6.07) is 5.12. The molecule has 0 spiro atoms. The number of aromatic nitrogens is 3. The zero-order valence-corrected chi connectivity index (χ0v) is 15.5. The predicted molar refractivity (Wildman–Crippen MR) is 105 cm³/mol. The molecule has 8 heteroatoms. The smallest absolute Gasteiger partial charge is 0.329 e. The molecule has 8 nitrogen and oxygen atoms in total. The molecule has 3 aliphatic rings. The van der Waals surface area contributed by atoms with Crippen LogP contribution in [-0.4, -0.2) is 45.9 Å². The van der Waals surface area contributed by atoms with Crippen molar-refractivity contribution < 1.29 is 9.59 Å². The second kappa shape index (κ2) is 6.85. The van der Waals surface area contributed by atoms with Crippen molar-refractivity contribution in [3.63, 3.8) is 0 Å². The van der Waals surface area contributed by atoms with Crippen molar-refractivity contribution in [2.24, 2.45) is 5.92 Å². The molecule has 144 valence electrons. The number of rotatable bonds is 4. The Balaban J connectivity index is 1.48. The van der Waals surface area contributed by atoms with Gasteiger partial charge < -0.3 is 4.90 Å². The SMILES string of the molecule is O=C(CC1CC1)c1ncc2c(n1)N(C(=O)Nc1ccccn1)[C@H]1CCCN2C1. The summed E-state index contributed by atoms with van der Waals surface area (Å²) in [7, 11) is 0. The fourth-order valence-electron chi connectivity index (χ4n) is 4.00. The number of nitrogens with one attached hydrogen (secondary N) is 1. The van der Waals surface area contributed by atoms with Crippen molar-refractivity contribution in [2.75, 3.05) is 28.2 Å². The minimum absolute atomic E-state index is 0.0197. The molecule has 0 radical (unpaired) electrons. The number of carbonyl (C=O) groups excluding carboxylic acids is 2. The van der Waals surface area contributed by atoms with E-state index < -0.39 is 0 Å². The van der Waals surface area contributed by atoms with Crippen LogP contribution in [0.25, 0.3) is 0 Å². The molecule has 5 rings (SSSR count). The van der Waals surface area contributed by atoms with E-state index in [0.29, 0.717) is 24.0 Å². The predicted octanol–water partition coefficient (Wildman–Crippen LogP) is 2.88. The largest absolute Gasteiger partial charge is 0.365 e. The first kappa shape index (κ1) is 17.1. The molecule has 1 saturated heterocycles. The summed E-state index contributed by atoms with van der Waals surface area (Å²) in [4.78, 5) is 42.6. The van der Waals surface area contributed by atoms with Crippen LogP contribution in [0.2, 0.25) is 0 Å². The van der Waals surface area contributed by atoms with E-state index >= 15 is 0 Å².